The molecule has 0 bridgehead atoms. The number of aromatic nitrogens is 4. The summed E-state index contributed by atoms with van der Waals surface area (Å²) in [5.74, 6) is 3.20. The van der Waals surface area contributed by atoms with E-state index in [1.165, 1.54) is 26.4 Å². The van der Waals surface area contributed by atoms with E-state index in [0.717, 1.165) is 17.4 Å². The van der Waals surface area contributed by atoms with Crippen LogP contribution in [0, 0.1) is 11.8 Å². The maximum Gasteiger partial charge on any atom is 0.319 e. The second-order valence-electron chi connectivity index (χ2n) is 6.32. The van der Waals surface area contributed by atoms with E-state index in [1.54, 1.807) is 20.4 Å². The molecule has 2 aromatic heterocycles. The Morgan fingerprint density at radius 3 is 2.46 bits per heavy atom. The van der Waals surface area contributed by atoms with Crippen LogP contribution in [0.1, 0.15) is 30.7 Å². The van der Waals surface area contributed by atoms with E-state index in [-0.39, 0.29) is 6.01 Å². The van der Waals surface area contributed by atoms with Crippen molar-refractivity contribution in [1.82, 2.24) is 20.2 Å². The molecule has 7 nitrogen and oxygen atoms in total. The van der Waals surface area contributed by atoms with Crippen LogP contribution in [0.15, 0.2) is 12.3 Å². The third-order valence-corrected chi connectivity index (χ3v) is 4.83. The van der Waals surface area contributed by atoms with Gasteiger partial charge in [-0.15, -0.1) is 10.2 Å². The van der Waals surface area contributed by atoms with Crippen molar-refractivity contribution in [1.29, 1.82) is 0 Å². The fourth-order valence-corrected chi connectivity index (χ4v) is 3.35. The van der Waals surface area contributed by atoms with Gasteiger partial charge in [-0.25, -0.2) is 4.98 Å². The van der Waals surface area contributed by atoms with E-state index in [0.29, 0.717) is 28.9 Å². The Hall–Kier alpha value is -2.44. The monoisotopic (exact) mass is 328 g/mol. The molecule has 2 saturated carbocycles. The maximum absolute atomic E-state index is 5.42. The molecule has 7 heteroatoms. The third kappa shape index (κ3) is 2.64. The Kier molecular flexibility index (Phi) is 3.70. The van der Waals surface area contributed by atoms with E-state index >= 15 is 0 Å². The van der Waals surface area contributed by atoms with Crippen molar-refractivity contribution in [2.75, 3.05) is 21.3 Å². The summed E-state index contributed by atoms with van der Waals surface area (Å²) in [7, 11) is 4.72. The molecule has 4 rings (SSSR count). The van der Waals surface area contributed by atoms with Gasteiger partial charge in [-0.1, -0.05) is 0 Å². The molecular weight excluding hydrogens is 308 g/mol. The molecule has 0 radical (unpaired) electrons. The van der Waals surface area contributed by atoms with Crippen LogP contribution < -0.4 is 14.2 Å². The van der Waals surface area contributed by atoms with Gasteiger partial charge >= 0.3 is 6.01 Å². The molecule has 0 aliphatic heterocycles. The molecule has 0 saturated heterocycles. The molecule has 2 fully saturated rings. The quantitative estimate of drug-likeness (QED) is 0.806. The standard InChI is InChI=1S/C17H20N4O3/c1-22-15-13(8-18-17(19-15)24-3)14-7-12(16(23-2)21-20-14)11-6-10(11)9-4-5-9/h7-11H,4-6H2,1-3H3. The summed E-state index contributed by atoms with van der Waals surface area (Å²) in [5, 5.41) is 8.52. The average molecular weight is 328 g/mol. The summed E-state index contributed by atoms with van der Waals surface area (Å²) in [5.41, 5.74) is 2.50. The second-order valence-corrected chi connectivity index (χ2v) is 6.32. The summed E-state index contributed by atoms with van der Waals surface area (Å²) in [6.07, 6.45) is 5.57. The summed E-state index contributed by atoms with van der Waals surface area (Å²) in [6, 6.07) is 2.29. The molecule has 126 valence electrons. The molecule has 2 aromatic rings. The zero-order valence-corrected chi connectivity index (χ0v) is 14.0. The smallest absolute Gasteiger partial charge is 0.319 e. The Balaban J connectivity index is 1.71. The van der Waals surface area contributed by atoms with E-state index in [1.807, 2.05) is 6.07 Å². The minimum Gasteiger partial charge on any atom is -0.480 e. The van der Waals surface area contributed by atoms with Crippen LogP contribution in [0.3, 0.4) is 0 Å². The van der Waals surface area contributed by atoms with Crippen LogP contribution in [0.25, 0.3) is 11.3 Å². The van der Waals surface area contributed by atoms with Crippen molar-refractivity contribution in [3.05, 3.63) is 17.8 Å². The van der Waals surface area contributed by atoms with Crippen LogP contribution in [-0.4, -0.2) is 41.5 Å². The number of hydrogen-bond donors (Lipinski definition) is 0. The predicted octanol–water partition coefficient (Wildman–Crippen LogP) is 2.47. The lowest BCUT2D eigenvalue weighted by atomic mass is 10.1. The van der Waals surface area contributed by atoms with Crippen LogP contribution >= 0.6 is 0 Å². The largest absolute Gasteiger partial charge is 0.480 e. The van der Waals surface area contributed by atoms with Gasteiger partial charge in [0.1, 0.15) is 5.69 Å². The van der Waals surface area contributed by atoms with E-state index in [9.17, 15) is 0 Å². The highest BCUT2D eigenvalue weighted by Crippen LogP contribution is 2.60. The average Bonchev–Trinajstić information content (AvgIpc) is 3.52. The number of nitrogens with zero attached hydrogens (tertiary/aromatic N) is 4. The van der Waals surface area contributed by atoms with Gasteiger partial charge in [0.15, 0.2) is 0 Å². The normalized spacial score (nSPS) is 22.1. The highest BCUT2D eigenvalue weighted by Gasteiger charge is 2.49. The van der Waals surface area contributed by atoms with Crippen LogP contribution in [0.2, 0.25) is 0 Å². The Bertz CT molecular complexity index is 763. The first-order valence-corrected chi connectivity index (χ1v) is 8.12. The number of ether oxygens (including phenoxy) is 3. The molecule has 0 amide bonds. The Morgan fingerprint density at radius 1 is 1.00 bits per heavy atom. The van der Waals surface area contributed by atoms with Crippen molar-refractivity contribution >= 4 is 0 Å². The lowest BCUT2D eigenvalue weighted by Gasteiger charge is -2.11. The van der Waals surface area contributed by atoms with Gasteiger partial charge < -0.3 is 14.2 Å². The summed E-state index contributed by atoms with van der Waals surface area (Å²) < 4.78 is 15.8. The summed E-state index contributed by atoms with van der Waals surface area (Å²) >= 11 is 0. The SMILES string of the molecule is COc1ncc(-c2cc(C3CC3C3CC3)c(OC)nn2)c(OC)n1. The lowest BCUT2D eigenvalue weighted by molar-refractivity contribution is 0.353. The fraction of sp³-hybridized carbons (Fsp3) is 0.529. The lowest BCUT2D eigenvalue weighted by Crippen LogP contribution is -2.02. The van der Waals surface area contributed by atoms with Crippen molar-refractivity contribution in [3.63, 3.8) is 0 Å². The zero-order valence-electron chi connectivity index (χ0n) is 14.0. The molecule has 2 aliphatic rings. The van der Waals surface area contributed by atoms with Gasteiger partial charge in [0, 0.05) is 11.8 Å². The number of hydrogen-bond acceptors (Lipinski definition) is 7. The maximum atomic E-state index is 5.42. The number of rotatable bonds is 6. The van der Waals surface area contributed by atoms with E-state index in [2.05, 4.69) is 20.2 Å². The van der Waals surface area contributed by atoms with Gasteiger partial charge in [0.05, 0.1) is 26.9 Å². The molecular formula is C17H20N4O3. The van der Waals surface area contributed by atoms with Crippen LogP contribution in [0.5, 0.6) is 17.8 Å². The summed E-state index contributed by atoms with van der Waals surface area (Å²) in [6.45, 7) is 0. The van der Waals surface area contributed by atoms with Gasteiger partial charge in [0.2, 0.25) is 11.8 Å². The van der Waals surface area contributed by atoms with Gasteiger partial charge in [-0.2, -0.15) is 4.98 Å². The fourth-order valence-electron chi connectivity index (χ4n) is 3.35. The Labute approximate surface area is 140 Å². The van der Waals surface area contributed by atoms with Gasteiger partial charge in [-0.3, -0.25) is 0 Å². The van der Waals surface area contributed by atoms with E-state index < -0.39 is 0 Å². The van der Waals surface area contributed by atoms with Crippen molar-refractivity contribution in [2.45, 2.75) is 25.2 Å². The molecule has 0 N–H and O–H groups in total. The molecule has 24 heavy (non-hydrogen) atoms. The second kappa shape index (κ2) is 5.89. The highest BCUT2D eigenvalue weighted by molar-refractivity contribution is 5.65. The van der Waals surface area contributed by atoms with Crippen molar-refractivity contribution < 1.29 is 14.2 Å². The van der Waals surface area contributed by atoms with Gasteiger partial charge in [-0.05, 0) is 43.1 Å². The summed E-state index contributed by atoms with van der Waals surface area (Å²) in [4.78, 5) is 8.37. The predicted molar refractivity (Wildman–Crippen MR) is 86.3 cm³/mol. The minimum atomic E-state index is 0.258. The topological polar surface area (TPSA) is 79.2 Å². The molecule has 2 atom stereocenters. The molecule has 2 aliphatic carbocycles. The number of methoxy groups -OCH3 is 3. The van der Waals surface area contributed by atoms with E-state index in [4.69, 9.17) is 14.2 Å². The molecule has 0 spiro atoms. The van der Waals surface area contributed by atoms with Gasteiger partial charge in [0.25, 0.3) is 0 Å². The first kappa shape index (κ1) is 15.1. The molecule has 2 unspecified atom stereocenters. The Morgan fingerprint density at radius 2 is 1.79 bits per heavy atom. The molecule has 2 heterocycles. The van der Waals surface area contributed by atoms with Crippen LogP contribution in [0.4, 0.5) is 0 Å². The highest BCUT2D eigenvalue weighted by atomic mass is 16.5. The first-order chi connectivity index (χ1) is 11.7. The molecule has 0 aromatic carbocycles. The van der Waals surface area contributed by atoms with Crippen molar-refractivity contribution in [3.8, 4) is 29.0 Å². The minimum absolute atomic E-state index is 0.258. The first-order valence-electron chi connectivity index (χ1n) is 8.12. The zero-order chi connectivity index (χ0) is 16.7. The third-order valence-electron chi connectivity index (χ3n) is 4.83. The van der Waals surface area contributed by atoms with Crippen LogP contribution in [-0.2, 0) is 0 Å². The van der Waals surface area contributed by atoms with Crippen molar-refractivity contribution in [2.24, 2.45) is 11.8 Å².